The first kappa shape index (κ1) is 14.7. The summed E-state index contributed by atoms with van der Waals surface area (Å²) in [6, 6.07) is 9.67. The lowest BCUT2D eigenvalue weighted by atomic mass is 10.2. The van der Waals surface area contributed by atoms with Crippen molar-refractivity contribution in [1.29, 1.82) is 0 Å². The number of imidazole rings is 1. The molecule has 0 amide bonds. The number of aryl methyl sites for hydroxylation is 1. The van der Waals surface area contributed by atoms with Gasteiger partial charge in [-0.05, 0) is 23.8 Å². The van der Waals surface area contributed by atoms with Crippen molar-refractivity contribution in [2.45, 2.75) is 10.9 Å². The first-order valence-corrected chi connectivity index (χ1v) is 8.22. The van der Waals surface area contributed by atoms with Crippen LogP contribution in [0.25, 0.3) is 16.8 Å². The number of aromatic nitrogens is 5. The highest BCUT2D eigenvalue weighted by Crippen LogP contribution is 2.27. The minimum atomic E-state index is -0.978. The van der Waals surface area contributed by atoms with E-state index in [1.54, 1.807) is 12.3 Å². The molecule has 1 aromatic carbocycles. The van der Waals surface area contributed by atoms with Crippen molar-refractivity contribution in [1.82, 2.24) is 24.1 Å². The molecule has 0 aliphatic heterocycles. The average molecular weight is 339 g/mol. The van der Waals surface area contributed by atoms with Gasteiger partial charge in [0.15, 0.2) is 5.16 Å². The van der Waals surface area contributed by atoms with E-state index in [1.165, 1.54) is 18.0 Å². The molecular weight excluding hydrogens is 326 g/mol. The Morgan fingerprint density at radius 2 is 2.00 bits per heavy atom. The second kappa shape index (κ2) is 5.64. The van der Waals surface area contributed by atoms with Gasteiger partial charge in [0, 0.05) is 25.2 Å². The normalized spacial score (nSPS) is 11.4. The number of aromatic carboxylic acids is 1. The molecule has 0 bridgehead atoms. The maximum atomic E-state index is 11.0. The molecule has 7 nitrogen and oxygen atoms in total. The SMILES string of the molecule is Cn1c2ccccc2n2c(SCc3cncc(C(=O)O)c3)nnc12. The topological polar surface area (TPSA) is 85.3 Å². The number of pyridine rings is 1. The van der Waals surface area contributed by atoms with E-state index < -0.39 is 5.97 Å². The van der Waals surface area contributed by atoms with E-state index in [0.29, 0.717) is 5.75 Å². The lowest BCUT2D eigenvalue weighted by Crippen LogP contribution is -1.98. The number of carboxylic acid groups (broad SMARTS) is 1. The quantitative estimate of drug-likeness (QED) is 0.575. The number of nitrogens with zero attached hydrogens (tertiary/aromatic N) is 5. The molecule has 0 saturated carbocycles. The summed E-state index contributed by atoms with van der Waals surface area (Å²) in [6.45, 7) is 0. The second-order valence-electron chi connectivity index (χ2n) is 5.34. The number of benzene rings is 1. The molecule has 0 aliphatic carbocycles. The number of rotatable bonds is 4. The van der Waals surface area contributed by atoms with Gasteiger partial charge < -0.3 is 9.67 Å². The Hall–Kier alpha value is -2.87. The summed E-state index contributed by atoms with van der Waals surface area (Å²) < 4.78 is 4.01. The summed E-state index contributed by atoms with van der Waals surface area (Å²) >= 11 is 1.50. The molecule has 8 heteroatoms. The van der Waals surface area contributed by atoms with Crippen molar-refractivity contribution in [3.05, 3.63) is 53.9 Å². The highest BCUT2D eigenvalue weighted by Gasteiger charge is 2.15. The summed E-state index contributed by atoms with van der Waals surface area (Å²) in [5.41, 5.74) is 3.14. The lowest BCUT2D eigenvalue weighted by Gasteiger charge is -2.01. The highest BCUT2D eigenvalue weighted by atomic mass is 32.2. The van der Waals surface area contributed by atoms with Crippen LogP contribution in [0.15, 0.2) is 47.9 Å². The van der Waals surface area contributed by atoms with Gasteiger partial charge in [0.25, 0.3) is 0 Å². The number of hydrogen-bond donors (Lipinski definition) is 1. The number of carboxylic acids is 1. The number of thioether (sulfide) groups is 1. The summed E-state index contributed by atoms with van der Waals surface area (Å²) in [6.07, 6.45) is 3.01. The molecule has 4 rings (SSSR count). The van der Waals surface area contributed by atoms with Crippen molar-refractivity contribution < 1.29 is 9.90 Å². The van der Waals surface area contributed by atoms with Gasteiger partial charge in [0.1, 0.15) is 0 Å². The summed E-state index contributed by atoms with van der Waals surface area (Å²) in [5.74, 6) is 0.363. The molecule has 24 heavy (non-hydrogen) atoms. The fourth-order valence-electron chi connectivity index (χ4n) is 2.66. The van der Waals surface area contributed by atoms with Gasteiger partial charge in [-0.25, -0.2) is 4.79 Å². The van der Waals surface area contributed by atoms with E-state index in [1.807, 2.05) is 40.3 Å². The molecule has 0 fully saturated rings. The predicted molar refractivity (Wildman–Crippen MR) is 90.2 cm³/mol. The van der Waals surface area contributed by atoms with Gasteiger partial charge >= 0.3 is 5.97 Å². The Morgan fingerprint density at radius 3 is 2.79 bits per heavy atom. The van der Waals surface area contributed by atoms with E-state index in [9.17, 15) is 4.79 Å². The molecule has 3 heterocycles. The third kappa shape index (κ3) is 2.31. The zero-order valence-corrected chi connectivity index (χ0v) is 13.6. The standard InChI is InChI=1S/C16H13N5O2S/c1-20-12-4-2-3-5-13(12)21-15(20)18-19-16(21)24-9-10-6-11(14(22)23)8-17-7-10/h2-8H,9H2,1H3,(H,22,23). The van der Waals surface area contributed by atoms with Crippen LogP contribution in [0.4, 0.5) is 0 Å². The van der Waals surface area contributed by atoms with Crippen LogP contribution in [0.3, 0.4) is 0 Å². The largest absolute Gasteiger partial charge is 0.478 e. The Balaban J connectivity index is 1.69. The van der Waals surface area contributed by atoms with Gasteiger partial charge in [-0.15, -0.1) is 10.2 Å². The molecule has 1 N–H and O–H groups in total. The first-order chi connectivity index (χ1) is 11.6. The Labute approximate surface area is 141 Å². The third-order valence-corrected chi connectivity index (χ3v) is 4.81. The highest BCUT2D eigenvalue weighted by molar-refractivity contribution is 7.98. The van der Waals surface area contributed by atoms with E-state index in [0.717, 1.165) is 27.5 Å². The summed E-state index contributed by atoms with van der Waals surface area (Å²) in [7, 11) is 1.96. The van der Waals surface area contributed by atoms with Crippen LogP contribution < -0.4 is 0 Å². The Kier molecular flexibility index (Phi) is 3.46. The van der Waals surface area contributed by atoms with E-state index in [2.05, 4.69) is 15.2 Å². The molecular formula is C16H13N5O2S. The minimum absolute atomic E-state index is 0.185. The van der Waals surface area contributed by atoms with Crippen molar-refractivity contribution >= 4 is 34.5 Å². The van der Waals surface area contributed by atoms with Gasteiger partial charge in [-0.3, -0.25) is 9.38 Å². The number of para-hydroxylation sites is 2. The van der Waals surface area contributed by atoms with Crippen molar-refractivity contribution in [3.63, 3.8) is 0 Å². The third-order valence-electron chi connectivity index (χ3n) is 3.81. The maximum absolute atomic E-state index is 11.0. The van der Waals surface area contributed by atoms with Crippen molar-refractivity contribution in [2.24, 2.45) is 7.05 Å². The monoisotopic (exact) mass is 339 g/mol. The van der Waals surface area contributed by atoms with E-state index in [-0.39, 0.29) is 5.56 Å². The molecule has 3 aromatic heterocycles. The van der Waals surface area contributed by atoms with Gasteiger partial charge in [0.2, 0.25) is 5.78 Å². The number of fused-ring (bicyclic) bond motifs is 3. The van der Waals surface area contributed by atoms with Gasteiger partial charge in [-0.1, -0.05) is 23.9 Å². The van der Waals surface area contributed by atoms with Crippen LogP contribution in [-0.4, -0.2) is 35.2 Å². The van der Waals surface area contributed by atoms with Crippen molar-refractivity contribution in [3.8, 4) is 0 Å². The molecule has 0 saturated heterocycles. The molecule has 0 unspecified atom stereocenters. The van der Waals surface area contributed by atoms with Crippen molar-refractivity contribution in [2.75, 3.05) is 0 Å². The molecule has 0 aliphatic rings. The zero-order chi connectivity index (χ0) is 16.7. The van der Waals surface area contributed by atoms with Crippen LogP contribution in [0.1, 0.15) is 15.9 Å². The molecule has 0 radical (unpaired) electrons. The first-order valence-electron chi connectivity index (χ1n) is 7.23. The lowest BCUT2D eigenvalue weighted by molar-refractivity contribution is 0.0696. The van der Waals surface area contributed by atoms with Crippen LogP contribution in [0.2, 0.25) is 0 Å². The predicted octanol–water partition coefficient (Wildman–Crippen LogP) is 2.61. The maximum Gasteiger partial charge on any atom is 0.337 e. The summed E-state index contributed by atoms with van der Waals surface area (Å²) in [5, 5.41) is 18.3. The second-order valence-corrected chi connectivity index (χ2v) is 6.28. The summed E-state index contributed by atoms with van der Waals surface area (Å²) in [4.78, 5) is 15.0. The molecule has 0 atom stereocenters. The Morgan fingerprint density at radius 1 is 1.21 bits per heavy atom. The molecule has 4 aromatic rings. The zero-order valence-electron chi connectivity index (χ0n) is 12.7. The van der Waals surface area contributed by atoms with E-state index >= 15 is 0 Å². The molecule has 120 valence electrons. The smallest absolute Gasteiger partial charge is 0.337 e. The van der Waals surface area contributed by atoms with Gasteiger partial charge in [-0.2, -0.15) is 0 Å². The minimum Gasteiger partial charge on any atom is -0.478 e. The number of hydrogen-bond acceptors (Lipinski definition) is 5. The van der Waals surface area contributed by atoms with Crippen LogP contribution in [-0.2, 0) is 12.8 Å². The van der Waals surface area contributed by atoms with Crippen LogP contribution in [0.5, 0.6) is 0 Å². The van der Waals surface area contributed by atoms with Crippen LogP contribution >= 0.6 is 11.8 Å². The molecule has 0 spiro atoms. The number of carbonyl (C=O) groups is 1. The van der Waals surface area contributed by atoms with E-state index in [4.69, 9.17) is 5.11 Å². The Bertz CT molecular complexity index is 1070. The average Bonchev–Trinajstić information content (AvgIpc) is 3.14. The van der Waals surface area contributed by atoms with Crippen LogP contribution in [0, 0.1) is 0 Å². The van der Waals surface area contributed by atoms with Gasteiger partial charge in [0.05, 0.1) is 16.6 Å². The fourth-order valence-corrected chi connectivity index (χ4v) is 3.52. The fraction of sp³-hybridized carbons (Fsp3) is 0.125.